The molecule has 118 valence electrons. The second-order valence-electron chi connectivity index (χ2n) is 5.91. The number of nitrogens with one attached hydrogen (secondary N) is 1. The van der Waals surface area contributed by atoms with Crippen molar-refractivity contribution in [1.82, 2.24) is 14.7 Å². The maximum atomic E-state index is 9.47. The number of pyridine rings is 1. The minimum atomic E-state index is 0.192. The van der Waals surface area contributed by atoms with Gasteiger partial charge < -0.3 is 19.6 Å². The molecule has 23 heavy (non-hydrogen) atoms. The summed E-state index contributed by atoms with van der Waals surface area (Å²) in [6, 6.07) is 9.24. The number of phenols is 1. The van der Waals surface area contributed by atoms with Crippen LogP contribution in [-0.4, -0.2) is 33.7 Å². The summed E-state index contributed by atoms with van der Waals surface area (Å²) in [7, 11) is 0. The van der Waals surface area contributed by atoms with Crippen molar-refractivity contribution in [2.75, 3.05) is 13.1 Å². The number of benzene rings is 1. The molecule has 1 atom stereocenters. The molecular weight excluding hydrogens is 290 g/mol. The van der Waals surface area contributed by atoms with E-state index in [1.165, 1.54) is 0 Å². The van der Waals surface area contributed by atoms with Gasteiger partial charge in [0.15, 0.2) is 0 Å². The fourth-order valence-corrected chi connectivity index (χ4v) is 3.01. The number of nitrogens with zero attached hydrogens (tertiary/aromatic N) is 2. The van der Waals surface area contributed by atoms with Crippen molar-refractivity contribution in [3.63, 3.8) is 0 Å². The number of fused-ring (bicyclic) bond motifs is 1. The van der Waals surface area contributed by atoms with E-state index in [0.717, 1.165) is 48.3 Å². The number of aromatic nitrogens is 2. The molecule has 1 aromatic carbocycles. The Kier molecular flexibility index (Phi) is 3.63. The van der Waals surface area contributed by atoms with E-state index < -0.39 is 0 Å². The lowest BCUT2D eigenvalue weighted by Crippen LogP contribution is -2.37. The van der Waals surface area contributed by atoms with Crippen molar-refractivity contribution in [3.8, 4) is 22.6 Å². The maximum absolute atomic E-state index is 9.47. The number of imidazole rings is 1. The highest BCUT2D eigenvalue weighted by molar-refractivity contribution is 5.71. The normalized spacial score (nSPS) is 18.2. The Labute approximate surface area is 134 Å². The van der Waals surface area contributed by atoms with Crippen molar-refractivity contribution < 1.29 is 9.84 Å². The Bertz CT molecular complexity index is 805. The summed E-state index contributed by atoms with van der Waals surface area (Å²) in [4.78, 5) is 4.23. The third-order valence-electron chi connectivity index (χ3n) is 4.23. The summed E-state index contributed by atoms with van der Waals surface area (Å²) in [5, 5.41) is 12.8. The molecule has 0 amide bonds. The highest BCUT2D eigenvalue weighted by Crippen LogP contribution is 2.30. The summed E-state index contributed by atoms with van der Waals surface area (Å²) in [6.07, 6.45) is 8.03. The first-order valence-electron chi connectivity index (χ1n) is 7.92. The molecule has 4 rings (SSSR count). The predicted octanol–water partition coefficient (Wildman–Crippen LogP) is 2.84. The Balaban J connectivity index is 1.73. The fraction of sp³-hybridized carbons (Fsp3) is 0.278. The molecule has 1 aliphatic rings. The zero-order valence-corrected chi connectivity index (χ0v) is 12.8. The molecule has 5 nitrogen and oxygen atoms in total. The Morgan fingerprint density at radius 3 is 2.87 bits per heavy atom. The highest BCUT2D eigenvalue weighted by Gasteiger charge is 2.17. The van der Waals surface area contributed by atoms with E-state index in [2.05, 4.69) is 16.4 Å². The van der Waals surface area contributed by atoms with Crippen LogP contribution < -0.4 is 10.1 Å². The molecule has 3 aromatic rings. The van der Waals surface area contributed by atoms with Crippen molar-refractivity contribution in [1.29, 1.82) is 0 Å². The van der Waals surface area contributed by atoms with Crippen LogP contribution in [-0.2, 0) is 0 Å². The fourth-order valence-electron chi connectivity index (χ4n) is 3.01. The van der Waals surface area contributed by atoms with E-state index in [-0.39, 0.29) is 11.9 Å². The van der Waals surface area contributed by atoms with Crippen LogP contribution in [0.2, 0.25) is 0 Å². The third-order valence-corrected chi connectivity index (χ3v) is 4.23. The smallest absolute Gasteiger partial charge is 0.146 e. The van der Waals surface area contributed by atoms with Crippen LogP contribution >= 0.6 is 0 Å². The SMILES string of the molecule is Oc1ccc(-c2cc(OC3CCCNC3)c3cncn3c2)cc1. The van der Waals surface area contributed by atoms with Crippen LogP contribution in [0.5, 0.6) is 11.5 Å². The van der Waals surface area contributed by atoms with Gasteiger partial charge in [0.2, 0.25) is 0 Å². The van der Waals surface area contributed by atoms with Crippen molar-refractivity contribution in [2.24, 2.45) is 0 Å². The molecule has 0 spiro atoms. The van der Waals surface area contributed by atoms with E-state index in [0.29, 0.717) is 0 Å². The number of aromatic hydroxyl groups is 1. The van der Waals surface area contributed by atoms with Crippen LogP contribution in [0.4, 0.5) is 0 Å². The van der Waals surface area contributed by atoms with Gasteiger partial charge in [-0.25, -0.2) is 4.98 Å². The summed E-state index contributed by atoms with van der Waals surface area (Å²) in [5.41, 5.74) is 3.04. The number of piperidine rings is 1. The average molecular weight is 309 g/mol. The molecule has 3 heterocycles. The van der Waals surface area contributed by atoms with Crippen molar-refractivity contribution in [3.05, 3.63) is 49.1 Å². The maximum Gasteiger partial charge on any atom is 0.146 e. The van der Waals surface area contributed by atoms with Gasteiger partial charge in [0, 0.05) is 18.3 Å². The summed E-state index contributed by atoms with van der Waals surface area (Å²) in [5.74, 6) is 1.11. The number of hydrogen-bond donors (Lipinski definition) is 2. The lowest BCUT2D eigenvalue weighted by Gasteiger charge is -2.24. The van der Waals surface area contributed by atoms with E-state index in [1.807, 2.05) is 28.9 Å². The van der Waals surface area contributed by atoms with Crippen molar-refractivity contribution >= 4 is 5.52 Å². The molecule has 0 aliphatic carbocycles. The number of ether oxygens (including phenoxy) is 1. The Morgan fingerprint density at radius 2 is 2.09 bits per heavy atom. The standard InChI is InChI=1S/C18H19N3O2/c22-15-5-3-13(4-6-15)14-8-18(17-10-20-12-21(17)11-14)23-16-2-1-7-19-9-16/h3-6,8,10-12,16,19,22H,1-2,7,9H2. The van der Waals surface area contributed by atoms with E-state index in [9.17, 15) is 5.11 Å². The topological polar surface area (TPSA) is 58.8 Å². The molecule has 5 heteroatoms. The van der Waals surface area contributed by atoms with Gasteiger partial charge in [0.25, 0.3) is 0 Å². The van der Waals surface area contributed by atoms with Gasteiger partial charge in [-0.2, -0.15) is 0 Å². The summed E-state index contributed by atoms with van der Waals surface area (Å²) < 4.78 is 8.22. The lowest BCUT2D eigenvalue weighted by atomic mass is 10.1. The lowest BCUT2D eigenvalue weighted by molar-refractivity contribution is 0.169. The molecule has 1 unspecified atom stereocenters. The van der Waals surface area contributed by atoms with Gasteiger partial charge in [0.05, 0.1) is 12.5 Å². The van der Waals surface area contributed by atoms with Crippen molar-refractivity contribution in [2.45, 2.75) is 18.9 Å². The zero-order valence-electron chi connectivity index (χ0n) is 12.8. The third kappa shape index (κ3) is 2.87. The molecule has 2 N–H and O–H groups in total. The molecule has 1 aliphatic heterocycles. The van der Waals surface area contributed by atoms with Gasteiger partial charge in [-0.15, -0.1) is 0 Å². The Hall–Kier alpha value is -2.53. The second kappa shape index (κ2) is 5.93. The summed E-state index contributed by atoms with van der Waals surface area (Å²) in [6.45, 7) is 1.94. The van der Waals surface area contributed by atoms with E-state index in [4.69, 9.17) is 4.74 Å². The van der Waals surface area contributed by atoms with Crippen LogP contribution in [0.25, 0.3) is 16.6 Å². The van der Waals surface area contributed by atoms with E-state index >= 15 is 0 Å². The second-order valence-corrected chi connectivity index (χ2v) is 5.91. The first kappa shape index (κ1) is 14.1. The predicted molar refractivity (Wildman–Crippen MR) is 88.8 cm³/mol. The average Bonchev–Trinajstić information content (AvgIpc) is 3.05. The number of hydrogen-bond acceptors (Lipinski definition) is 4. The quantitative estimate of drug-likeness (QED) is 0.781. The first-order chi connectivity index (χ1) is 11.3. The van der Waals surface area contributed by atoms with Crippen LogP contribution in [0, 0.1) is 0 Å². The van der Waals surface area contributed by atoms with Gasteiger partial charge in [-0.1, -0.05) is 12.1 Å². The molecular formula is C18H19N3O2. The molecule has 0 bridgehead atoms. The van der Waals surface area contributed by atoms with Gasteiger partial charge in [-0.05, 0) is 43.1 Å². The van der Waals surface area contributed by atoms with E-state index in [1.54, 1.807) is 18.5 Å². The molecule has 0 saturated carbocycles. The minimum absolute atomic E-state index is 0.192. The summed E-state index contributed by atoms with van der Waals surface area (Å²) >= 11 is 0. The molecule has 1 fully saturated rings. The van der Waals surface area contributed by atoms with Crippen LogP contribution in [0.15, 0.2) is 49.1 Å². The van der Waals surface area contributed by atoms with Gasteiger partial charge in [-0.3, -0.25) is 0 Å². The number of phenolic OH excluding ortho intramolecular Hbond substituents is 1. The highest BCUT2D eigenvalue weighted by atomic mass is 16.5. The molecule has 2 aromatic heterocycles. The monoisotopic (exact) mass is 309 g/mol. The minimum Gasteiger partial charge on any atom is -0.508 e. The van der Waals surface area contributed by atoms with Crippen LogP contribution in [0.3, 0.4) is 0 Å². The van der Waals surface area contributed by atoms with Crippen LogP contribution in [0.1, 0.15) is 12.8 Å². The number of rotatable bonds is 3. The zero-order chi connectivity index (χ0) is 15.6. The molecule has 0 radical (unpaired) electrons. The first-order valence-corrected chi connectivity index (χ1v) is 7.92. The van der Waals surface area contributed by atoms with Gasteiger partial charge >= 0.3 is 0 Å². The van der Waals surface area contributed by atoms with Gasteiger partial charge in [0.1, 0.15) is 23.1 Å². The Morgan fingerprint density at radius 1 is 1.22 bits per heavy atom. The largest absolute Gasteiger partial charge is 0.508 e. The molecule has 1 saturated heterocycles.